The molecule has 4 N–H and O–H groups in total. The third kappa shape index (κ3) is 4.11. The van der Waals surface area contributed by atoms with Crippen molar-refractivity contribution in [1.82, 2.24) is 4.90 Å². The van der Waals surface area contributed by atoms with Gasteiger partial charge in [0.2, 0.25) is 5.91 Å². The second-order valence-electron chi connectivity index (χ2n) is 5.65. The minimum Gasteiger partial charge on any atom is -0.398 e. The first-order chi connectivity index (χ1) is 11.8. The molecule has 6 heteroatoms. The van der Waals surface area contributed by atoms with E-state index in [0.29, 0.717) is 28.1 Å². The Morgan fingerprint density at radius 2 is 1.80 bits per heavy atom. The van der Waals surface area contributed by atoms with Crippen LogP contribution in [0, 0.1) is 5.41 Å². The zero-order valence-corrected chi connectivity index (χ0v) is 14.2. The molecule has 25 heavy (non-hydrogen) atoms. The van der Waals surface area contributed by atoms with Gasteiger partial charge in [-0.25, -0.2) is 0 Å². The summed E-state index contributed by atoms with van der Waals surface area (Å²) in [5.74, 6) is -0.629. The Balaban J connectivity index is 2.54. The normalized spacial score (nSPS) is 10.0. The highest BCUT2D eigenvalue weighted by atomic mass is 16.2. The van der Waals surface area contributed by atoms with Crippen molar-refractivity contribution < 1.29 is 9.59 Å². The second-order valence-corrected chi connectivity index (χ2v) is 5.65. The van der Waals surface area contributed by atoms with E-state index in [-0.39, 0.29) is 11.6 Å². The van der Waals surface area contributed by atoms with Gasteiger partial charge in [0.25, 0.3) is 5.91 Å². The molecule has 0 aliphatic heterocycles. The van der Waals surface area contributed by atoms with Crippen LogP contribution in [-0.4, -0.2) is 36.5 Å². The first-order valence-electron chi connectivity index (χ1n) is 7.57. The number of amides is 2. The lowest BCUT2D eigenvalue weighted by atomic mass is 9.98. The van der Waals surface area contributed by atoms with Crippen LogP contribution in [-0.2, 0) is 4.79 Å². The number of hydrogen-bond donors (Lipinski definition) is 3. The number of anilines is 2. The Kier molecular flexibility index (Phi) is 5.34. The van der Waals surface area contributed by atoms with E-state index >= 15 is 0 Å². The molecule has 0 saturated heterocycles. The van der Waals surface area contributed by atoms with Gasteiger partial charge in [0, 0.05) is 42.2 Å². The summed E-state index contributed by atoms with van der Waals surface area (Å²) in [6, 6.07) is 11.8. The van der Waals surface area contributed by atoms with E-state index in [4.69, 9.17) is 11.1 Å². The number of para-hydroxylation sites is 1. The predicted molar refractivity (Wildman–Crippen MR) is 100 cm³/mol. The van der Waals surface area contributed by atoms with Crippen molar-refractivity contribution in [3.63, 3.8) is 0 Å². The molecule has 2 aromatic rings. The fraction of sp³-hybridized carbons (Fsp3) is 0.105. The Bertz CT molecular complexity index is 856. The van der Waals surface area contributed by atoms with Crippen molar-refractivity contribution in [1.29, 1.82) is 5.41 Å². The van der Waals surface area contributed by atoms with Crippen LogP contribution in [0.3, 0.4) is 0 Å². The van der Waals surface area contributed by atoms with Crippen LogP contribution in [0.5, 0.6) is 0 Å². The van der Waals surface area contributed by atoms with E-state index in [1.54, 1.807) is 56.6 Å². The third-order valence-electron chi connectivity index (χ3n) is 3.56. The summed E-state index contributed by atoms with van der Waals surface area (Å²) < 4.78 is 0. The van der Waals surface area contributed by atoms with Crippen LogP contribution in [0.15, 0.2) is 55.1 Å². The average molecular weight is 336 g/mol. The lowest BCUT2D eigenvalue weighted by molar-refractivity contribution is -0.111. The summed E-state index contributed by atoms with van der Waals surface area (Å²) in [4.78, 5) is 25.4. The van der Waals surface area contributed by atoms with Gasteiger partial charge in [0.1, 0.15) is 0 Å². The number of carbonyl (C=O) groups is 2. The fourth-order valence-electron chi connectivity index (χ4n) is 2.30. The highest BCUT2D eigenvalue weighted by molar-refractivity contribution is 6.15. The molecule has 0 aliphatic rings. The van der Waals surface area contributed by atoms with E-state index in [2.05, 4.69) is 11.9 Å². The van der Waals surface area contributed by atoms with Crippen LogP contribution < -0.4 is 11.1 Å². The van der Waals surface area contributed by atoms with Gasteiger partial charge in [-0.2, -0.15) is 0 Å². The maximum absolute atomic E-state index is 12.3. The van der Waals surface area contributed by atoms with Crippen molar-refractivity contribution in [2.24, 2.45) is 0 Å². The maximum atomic E-state index is 12.3. The zero-order chi connectivity index (χ0) is 18.6. The molecule has 2 rings (SSSR count). The standard InChI is InChI=1S/C19H20N4O2/c1-4-17(24)22-14-10-12(9-13(11-14)19(25)23(2)3)18(21)15-7-5-6-8-16(15)20/h4-11,21H,1,20H2,2-3H3,(H,22,24). The van der Waals surface area contributed by atoms with Crippen LogP contribution in [0.25, 0.3) is 0 Å². The summed E-state index contributed by atoms with van der Waals surface area (Å²) in [5, 5.41) is 11.1. The molecule has 2 amide bonds. The average Bonchev–Trinajstić information content (AvgIpc) is 2.60. The van der Waals surface area contributed by atoms with E-state index in [9.17, 15) is 9.59 Å². The summed E-state index contributed by atoms with van der Waals surface area (Å²) in [6.45, 7) is 3.41. The highest BCUT2D eigenvalue weighted by Gasteiger charge is 2.15. The van der Waals surface area contributed by atoms with E-state index in [1.165, 1.54) is 4.90 Å². The van der Waals surface area contributed by atoms with Gasteiger partial charge in [0.05, 0.1) is 5.71 Å². The van der Waals surface area contributed by atoms with Gasteiger partial charge < -0.3 is 16.0 Å². The molecule has 0 saturated carbocycles. The number of carbonyl (C=O) groups excluding carboxylic acids is 2. The Labute approximate surface area is 146 Å². The van der Waals surface area contributed by atoms with Gasteiger partial charge in [0.15, 0.2) is 0 Å². The molecule has 6 nitrogen and oxygen atoms in total. The van der Waals surface area contributed by atoms with Gasteiger partial charge >= 0.3 is 0 Å². The molecular weight excluding hydrogens is 316 g/mol. The predicted octanol–water partition coefficient (Wildman–Crippen LogP) is 2.51. The molecule has 2 aromatic carbocycles. The molecule has 0 fully saturated rings. The van der Waals surface area contributed by atoms with E-state index in [1.807, 2.05) is 0 Å². The summed E-state index contributed by atoms with van der Waals surface area (Å²) in [7, 11) is 3.27. The molecule has 0 atom stereocenters. The molecule has 0 bridgehead atoms. The number of hydrogen-bond acceptors (Lipinski definition) is 4. The van der Waals surface area contributed by atoms with Crippen molar-refractivity contribution in [3.05, 3.63) is 71.8 Å². The Morgan fingerprint density at radius 3 is 2.40 bits per heavy atom. The lowest BCUT2D eigenvalue weighted by Crippen LogP contribution is -2.22. The minimum absolute atomic E-state index is 0.167. The number of benzene rings is 2. The summed E-state index contributed by atoms with van der Waals surface area (Å²) >= 11 is 0. The molecular formula is C19H20N4O2. The fourth-order valence-corrected chi connectivity index (χ4v) is 2.30. The van der Waals surface area contributed by atoms with Gasteiger partial charge in [-0.05, 0) is 30.3 Å². The molecule has 0 spiro atoms. The number of rotatable bonds is 5. The molecule has 0 aromatic heterocycles. The van der Waals surface area contributed by atoms with Gasteiger partial charge in [-0.15, -0.1) is 0 Å². The SMILES string of the molecule is C=CC(=O)Nc1cc(C(=N)c2ccccc2N)cc(C(=O)N(C)C)c1. The smallest absolute Gasteiger partial charge is 0.253 e. The first kappa shape index (κ1) is 17.9. The van der Waals surface area contributed by atoms with Crippen molar-refractivity contribution in [2.75, 3.05) is 25.1 Å². The van der Waals surface area contributed by atoms with Gasteiger partial charge in [-0.1, -0.05) is 24.8 Å². The van der Waals surface area contributed by atoms with Gasteiger partial charge in [-0.3, -0.25) is 15.0 Å². The first-order valence-corrected chi connectivity index (χ1v) is 7.57. The molecule has 0 aliphatic carbocycles. The maximum Gasteiger partial charge on any atom is 0.253 e. The lowest BCUT2D eigenvalue weighted by Gasteiger charge is -2.15. The van der Waals surface area contributed by atoms with Crippen molar-refractivity contribution in [2.45, 2.75) is 0 Å². The van der Waals surface area contributed by atoms with Crippen LogP contribution in [0.4, 0.5) is 11.4 Å². The van der Waals surface area contributed by atoms with Crippen LogP contribution in [0.2, 0.25) is 0 Å². The Hall–Kier alpha value is -3.41. The van der Waals surface area contributed by atoms with Crippen molar-refractivity contribution in [3.8, 4) is 0 Å². The number of nitrogen functional groups attached to an aromatic ring is 1. The van der Waals surface area contributed by atoms with Crippen molar-refractivity contribution >= 4 is 28.9 Å². The van der Waals surface area contributed by atoms with Crippen LogP contribution in [0.1, 0.15) is 21.5 Å². The highest BCUT2D eigenvalue weighted by Crippen LogP contribution is 2.22. The zero-order valence-electron chi connectivity index (χ0n) is 14.2. The second kappa shape index (κ2) is 7.44. The number of nitrogens with one attached hydrogen (secondary N) is 2. The molecule has 0 radical (unpaired) electrons. The minimum atomic E-state index is -0.397. The largest absolute Gasteiger partial charge is 0.398 e. The quantitative estimate of drug-likeness (QED) is 0.444. The van der Waals surface area contributed by atoms with E-state index in [0.717, 1.165) is 6.08 Å². The molecule has 0 unspecified atom stereocenters. The summed E-state index contributed by atoms with van der Waals surface area (Å²) in [5.41, 5.74) is 8.38. The number of nitrogens with two attached hydrogens (primary N) is 1. The molecule has 0 heterocycles. The molecule has 128 valence electrons. The monoisotopic (exact) mass is 336 g/mol. The van der Waals surface area contributed by atoms with Crippen LogP contribution >= 0.6 is 0 Å². The van der Waals surface area contributed by atoms with E-state index < -0.39 is 5.91 Å². The topological polar surface area (TPSA) is 99.3 Å². The Morgan fingerprint density at radius 1 is 1.16 bits per heavy atom. The number of nitrogens with zero attached hydrogens (tertiary/aromatic N) is 1. The third-order valence-corrected chi connectivity index (χ3v) is 3.56. The summed E-state index contributed by atoms with van der Waals surface area (Å²) in [6.07, 6.45) is 1.14.